The Balaban J connectivity index is 1.00. The lowest BCUT2D eigenvalue weighted by Gasteiger charge is -2.59. The molecule has 4 nitrogen and oxygen atoms in total. The van der Waals surface area contributed by atoms with Crippen LogP contribution in [0.4, 0.5) is 0 Å². The van der Waals surface area contributed by atoms with Crippen molar-refractivity contribution in [3.63, 3.8) is 0 Å². The van der Waals surface area contributed by atoms with E-state index < -0.39 is 9.84 Å². The fourth-order valence-electron chi connectivity index (χ4n) is 5.83. The van der Waals surface area contributed by atoms with E-state index in [-0.39, 0.29) is 5.25 Å². The third kappa shape index (κ3) is 4.53. The highest BCUT2D eigenvalue weighted by molar-refractivity contribution is 7.92. The van der Waals surface area contributed by atoms with E-state index in [0.717, 1.165) is 38.1 Å². The van der Waals surface area contributed by atoms with Crippen molar-refractivity contribution in [2.45, 2.75) is 69.2 Å². The van der Waals surface area contributed by atoms with Gasteiger partial charge in [0.2, 0.25) is 0 Å². The SMILES string of the molecule is CC/C(=C\c1ccccc1)[C@H]1C[C@@H]1NC1CC2(C1)CN(CCCS(=O)(=O)C1CC1)C2. The Morgan fingerprint density at radius 2 is 1.93 bits per heavy atom. The molecule has 3 saturated carbocycles. The van der Waals surface area contributed by atoms with Crippen LogP contribution >= 0.6 is 0 Å². The molecule has 5 rings (SSSR count). The molecule has 164 valence electrons. The quantitative estimate of drug-likeness (QED) is 0.614. The first-order valence-corrected chi connectivity index (χ1v) is 13.6. The molecule has 1 spiro atoms. The zero-order valence-electron chi connectivity index (χ0n) is 18.2. The molecule has 4 fully saturated rings. The number of nitrogens with zero attached hydrogens (tertiary/aromatic N) is 1. The predicted molar refractivity (Wildman–Crippen MR) is 123 cm³/mol. The topological polar surface area (TPSA) is 49.4 Å². The van der Waals surface area contributed by atoms with Gasteiger partial charge in [0.1, 0.15) is 0 Å². The predicted octanol–water partition coefficient (Wildman–Crippen LogP) is 3.89. The molecule has 1 aromatic rings. The summed E-state index contributed by atoms with van der Waals surface area (Å²) in [7, 11) is -2.78. The van der Waals surface area contributed by atoms with Crippen LogP contribution in [0.1, 0.15) is 57.4 Å². The van der Waals surface area contributed by atoms with Crippen molar-refractivity contribution in [2.24, 2.45) is 11.3 Å². The summed E-state index contributed by atoms with van der Waals surface area (Å²) in [5.41, 5.74) is 3.44. The van der Waals surface area contributed by atoms with Gasteiger partial charge in [-0.1, -0.05) is 48.9 Å². The first kappa shape index (κ1) is 20.7. The first-order chi connectivity index (χ1) is 14.5. The Kier molecular flexibility index (Phi) is 5.57. The summed E-state index contributed by atoms with van der Waals surface area (Å²) < 4.78 is 24.0. The molecule has 1 heterocycles. The van der Waals surface area contributed by atoms with E-state index in [0.29, 0.717) is 23.3 Å². The summed E-state index contributed by atoms with van der Waals surface area (Å²) in [6, 6.07) is 12.1. The molecule has 30 heavy (non-hydrogen) atoms. The van der Waals surface area contributed by atoms with Crippen LogP contribution in [0.5, 0.6) is 0 Å². The van der Waals surface area contributed by atoms with Crippen LogP contribution in [0.25, 0.3) is 6.08 Å². The van der Waals surface area contributed by atoms with Crippen molar-refractivity contribution in [3.05, 3.63) is 41.5 Å². The highest BCUT2D eigenvalue weighted by atomic mass is 32.2. The molecule has 0 bridgehead atoms. The third-order valence-electron chi connectivity index (χ3n) is 7.69. The number of hydrogen-bond donors (Lipinski definition) is 1. The minimum atomic E-state index is -2.78. The van der Waals surface area contributed by atoms with Crippen molar-refractivity contribution < 1.29 is 8.42 Å². The molecule has 1 aromatic carbocycles. The number of likely N-dealkylation sites (tertiary alicyclic amines) is 1. The lowest BCUT2D eigenvalue weighted by Crippen LogP contribution is -2.66. The van der Waals surface area contributed by atoms with Crippen molar-refractivity contribution >= 4 is 15.9 Å². The first-order valence-electron chi connectivity index (χ1n) is 11.9. The Labute approximate surface area is 182 Å². The van der Waals surface area contributed by atoms with E-state index in [1.807, 2.05) is 0 Å². The maximum Gasteiger partial charge on any atom is 0.153 e. The lowest BCUT2D eigenvalue weighted by molar-refractivity contribution is -0.0785. The molecular formula is C25H36N2O2S. The molecule has 4 aliphatic rings. The third-order valence-corrected chi connectivity index (χ3v) is 10.0. The van der Waals surface area contributed by atoms with Gasteiger partial charge >= 0.3 is 0 Å². The Bertz CT molecular complexity index is 877. The number of sulfone groups is 1. The van der Waals surface area contributed by atoms with Gasteiger partial charge in [-0.2, -0.15) is 0 Å². The molecule has 1 aliphatic heterocycles. The second kappa shape index (κ2) is 8.07. The van der Waals surface area contributed by atoms with Crippen LogP contribution in [-0.2, 0) is 9.84 Å². The molecular weight excluding hydrogens is 392 g/mol. The summed E-state index contributed by atoms with van der Waals surface area (Å²) in [6.07, 6.45) is 10.0. The van der Waals surface area contributed by atoms with Crippen molar-refractivity contribution in [2.75, 3.05) is 25.4 Å². The molecule has 1 N–H and O–H groups in total. The van der Waals surface area contributed by atoms with Gasteiger partial charge in [-0.05, 0) is 68.4 Å². The van der Waals surface area contributed by atoms with Crippen molar-refractivity contribution in [3.8, 4) is 0 Å². The van der Waals surface area contributed by atoms with Crippen molar-refractivity contribution in [1.82, 2.24) is 10.2 Å². The minimum absolute atomic E-state index is 0.000657. The maximum atomic E-state index is 12.0. The summed E-state index contributed by atoms with van der Waals surface area (Å²) in [4.78, 5) is 2.47. The van der Waals surface area contributed by atoms with E-state index in [4.69, 9.17) is 0 Å². The molecule has 2 atom stereocenters. The van der Waals surface area contributed by atoms with Crippen LogP contribution in [0.15, 0.2) is 35.9 Å². The van der Waals surface area contributed by atoms with E-state index in [1.165, 1.54) is 37.9 Å². The summed E-state index contributed by atoms with van der Waals surface area (Å²) in [5.74, 6) is 1.11. The van der Waals surface area contributed by atoms with E-state index in [2.05, 4.69) is 53.5 Å². The van der Waals surface area contributed by atoms with Gasteiger partial charge in [-0.25, -0.2) is 8.42 Å². The summed E-state index contributed by atoms with van der Waals surface area (Å²) >= 11 is 0. The summed E-state index contributed by atoms with van der Waals surface area (Å²) in [5, 5.41) is 3.92. The Morgan fingerprint density at radius 1 is 1.20 bits per heavy atom. The van der Waals surface area contributed by atoms with E-state index in [9.17, 15) is 8.42 Å². The minimum Gasteiger partial charge on any atom is -0.311 e. The average Bonchev–Trinajstić information content (AvgIpc) is 3.57. The molecule has 0 radical (unpaired) electrons. The fraction of sp³-hybridized carbons (Fsp3) is 0.680. The highest BCUT2D eigenvalue weighted by Crippen LogP contribution is 2.50. The van der Waals surface area contributed by atoms with Crippen LogP contribution in [0, 0.1) is 11.3 Å². The van der Waals surface area contributed by atoms with E-state index in [1.54, 1.807) is 5.57 Å². The van der Waals surface area contributed by atoms with E-state index >= 15 is 0 Å². The molecule has 1 saturated heterocycles. The van der Waals surface area contributed by atoms with Gasteiger partial charge in [-0.3, -0.25) is 0 Å². The number of nitrogens with one attached hydrogen (secondary N) is 1. The second-order valence-corrected chi connectivity index (χ2v) is 12.7. The van der Waals surface area contributed by atoms with Gasteiger partial charge in [0.15, 0.2) is 9.84 Å². The number of benzene rings is 1. The number of hydrogen-bond acceptors (Lipinski definition) is 4. The second-order valence-electron chi connectivity index (χ2n) is 10.3. The molecule has 0 aromatic heterocycles. The fourth-order valence-corrected chi connectivity index (χ4v) is 7.55. The molecule has 3 aliphatic carbocycles. The van der Waals surface area contributed by atoms with Gasteiger partial charge in [0.05, 0.1) is 11.0 Å². The van der Waals surface area contributed by atoms with Gasteiger partial charge in [-0.15, -0.1) is 0 Å². The summed E-state index contributed by atoms with van der Waals surface area (Å²) in [6.45, 7) is 5.59. The standard InChI is InChI=1S/C25H36N2O2S/c1-2-20(13-19-7-4-3-5-8-19)23-14-24(23)26-21-15-25(16-21)17-27(18-25)11-6-12-30(28,29)22-9-10-22/h3-5,7-8,13,21-24,26H,2,6,9-12,14-18H2,1H3/b20-13+/t23-,24+/m1/s1. The van der Waals surface area contributed by atoms with Gasteiger partial charge in [0.25, 0.3) is 0 Å². The normalized spacial score (nSPS) is 28.9. The smallest absolute Gasteiger partial charge is 0.153 e. The van der Waals surface area contributed by atoms with Gasteiger partial charge in [0, 0.05) is 25.2 Å². The lowest BCUT2D eigenvalue weighted by atomic mass is 9.60. The zero-order valence-corrected chi connectivity index (χ0v) is 19.0. The molecule has 0 amide bonds. The molecule has 5 heteroatoms. The van der Waals surface area contributed by atoms with Crippen LogP contribution in [-0.4, -0.2) is 56.0 Å². The van der Waals surface area contributed by atoms with Crippen LogP contribution in [0.3, 0.4) is 0 Å². The monoisotopic (exact) mass is 428 g/mol. The van der Waals surface area contributed by atoms with Crippen molar-refractivity contribution in [1.29, 1.82) is 0 Å². The van der Waals surface area contributed by atoms with Crippen LogP contribution in [0.2, 0.25) is 0 Å². The highest BCUT2D eigenvalue weighted by Gasteiger charge is 2.53. The maximum absolute atomic E-state index is 12.0. The molecule has 0 unspecified atom stereocenters. The zero-order chi connectivity index (χ0) is 20.8. The van der Waals surface area contributed by atoms with Crippen LogP contribution < -0.4 is 5.32 Å². The average molecular weight is 429 g/mol. The largest absolute Gasteiger partial charge is 0.311 e. The number of rotatable bonds is 10. The Morgan fingerprint density at radius 3 is 2.60 bits per heavy atom. The van der Waals surface area contributed by atoms with Gasteiger partial charge < -0.3 is 10.2 Å². The Hall–Kier alpha value is -1.17.